The van der Waals surface area contributed by atoms with Crippen LogP contribution in [0.2, 0.25) is 5.02 Å². The molecular weight excluding hydrogens is 702 g/mol. The summed E-state index contributed by atoms with van der Waals surface area (Å²) in [5.41, 5.74) is -0.528. The van der Waals surface area contributed by atoms with E-state index in [-0.39, 0.29) is 32.4 Å². The number of amides is 5. The average Bonchev–Trinajstić information content (AvgIpc) is 3.93. The molecule has 3 N–H and O–H groups in total. The molecule has 5 aliphatic rings. The number of carbonyl (C=O) groups excluding carboxylic acids is 5. The Bertz CT molecular complexity index is 1730. The van der Waals surface area contributed by atoms with Gasteiger partial charge in [-0.05, 0) is 82.6 Å². The molecule has 0 aromatic heterocycles. The maximum Gasteiger partial charge on any atom is 0.410 e. The van der Waals surface area contributed by atoms with E-state index in [1.54, 1.807) is 32.9 Å². The third-order valence-electron chi connectivity index (χ3n) is 9.95. The number of sulfonamides is 1. The Labute approximate surface area is 303 Å². The molecule has 3 heterocycles. The lowest BCUT2D eigenvalue weighted by molar-refractivity contribution is -0.141. The van der Waals surface area contributed by atoms with Crippen molar-refractivity contribution in [1.29, 1.82) is 0 Å². The lowest BCUT2D eigenvalue weighted by Gasteiger charge is -2.30. The van der Waals surface area contributed by atoms with E-state index in [0.29, 0.717) is 37.3 Å². The minimum atomic E-state index is -3.90. The Morgan fingerprint density at radius 1 is 1.04 bits per heavy atom. The topological polar surface area (TPSA) is 181 Å². The van der Waals surface area contributed by atoms with Crippen LogP contribution in [0.3, 0.4) is 0 Å². The Kier molecular flexibility index (Phi) is 10.3. The molecule has 3 fully saturated rings. The van der Waals surface area contributed by atoms with Crippen LogP contribution in [0.15, 0.2) is 30.4 Å². The third kappa shape index (κ3) is 8.62. The van der Waals surface area contributed by atoms with Crippen molar-refractivity contribution < 1.29 is 41.9 Å². The highest BCUT2D eigenvalue weighted by molar-refractivity contribution is 7.91. The summed E-state index contributed by atoms with van der Waals surface area (Å²) in [5, 5.41) is 5.40. The molecule has 14 nitrogen and oxygen atoms in total. The van der Waals surface area contributed by atoms with Crippen LogP contribution in [-0.4, -0.2) is 89.2 Å². The normalized spacial score (nSPS) is 28.3. The number of alkyl carbamates (subject to hydrolysis) is 1. The van der Waals surface area contributed by atoms with E-state index in [4.69, 9.17) is 21.1 Å². The number of carbonyl (C=O) groups is 5. The summed E-state index contributed by atoms with van der Waals surface area (Å²) in [6.45, 7) is 5.57. The molecule has 1 aromatic carbocycles. The molecule has 0 bridgehead atoms. The average molecular weight is 748 g/mol. The van der Waals surface area contributed by atoms with Crippen molar-refractivity contribution in [1.82, 2.24) is 25.2 Å². The minimum absolute atomic E-state index is 0.0757. The van der Waals surface area contributed by atoms with Crippen LogP contribution < -0.4 is 15.4 Å². The molecule has 6 rings (SSSR count). The van der Waals surface area contributed by atoms with Gasteiger partial charge in [0.15, 0.2) is 0 Å². The number of fused-ring (bicyclic) bond motifs is 3. The molecule has 2 aliphatic carbocycles. The molecule has 278 valence electrons. The number of ether oxygens (including phenoxy) is 2. The quantitative estimate of drug-likeness (QED) is 0.379. The summed E-state index contributed by atoms with van der Waals surface area (Å²) in [6.07, 6.45) is 5.54. The molecule has 16 heteroatoms. The van der Waals surface area contributed by atoms with E-state index >= 15 is 0 Å². The van der Waals surface area contributed by atoms with Crippen LogP contribution in [0.25, 0.3) is 0 Å². The summed E-state index contributed by atoms with van der Waals surface area (Å²) >= 11 is 6.14. The highest BCUT2D eigenvalue weighted by Gasteiger charge is 2.62. The molecule has 1 aromatic rings. The zero-order valence-electron chi connectivity index (χ0n) is 29.1. The molecular formula is C35H46ClN5O9S. The molecule has 0 spiro atoms. The van der Waals surface area contributed by atoms with Gasteiger partial charge in [-0.1, -0.05) is 42.7 Å². The lowest BCUT2D eigenvalue weighted by Crippen LogP contribution is -2.58. The second-order valence-corrected chi connectivity index (χ2v) is 17.6. The van der Waals surface area contributed by atoms with Gasteiger partial charge in [-0.2, -0.15) is 0 Å². The third-order valence-corrected chi connectivity index (χ3v) is 12.0. The van der Waals surface area contributed by atoms with Gasteiger partial charge in [0.25, 0.3) is 5.91 Å². The summed E-state index contributed by atoms with van der Waals surface area (Å²) in [4.78, 5) is 71.1. The standard InChI is InChI=1S/C35H46ClN5O9S/c1-34(2,3)50-32(45)37-27-10-8-6-4-5-7-9-23-17-35(23,31(44)39-51(47,48)26-13-14-26)38-29(42)28-16-25(20-41(28)30(27)43)49-33(46)40-18-21-11-12-24(36)15-22(21)19-40/h7,9,11-12,15,23,25-28H,4-6,8,10,13-14,16-20H2,1-3H3,(H,37,45)(H,38,42)(H,39,44)/t23-,25+,27-,28-,35+/m0/s1. The molecule has 1 saturated heterocycles. The van der Waals surface area contributed by atoms with Gasteiger partial charge in [-0.25, -0.2) is 18.0 Å². The molecule has 51 heavy (non-hydrogen) atoms. The molecule has 5 amide bonds. The summed E-state index contributed by atoms with van der Waals surface area (Å²) in [5.74, 6) is -2.52. The van der Waals surface area contributed by atoms with Gasteiger partial charge in [0.1, 0.15) is 29.3 Å². The first-order valence-electron chi connectivity index (χ1n) is 17.6. The smallest absolute Gasteiger partial charge is 0.410 e. The number of hydrogen-bond donors (Lipinski definition) is 3. The van der Waals surface area contributed by atoms with Gasteiger partial charge in [0.2, 0.25) is 21.8 Å². The molecule has 0 radical (unpaired) electrons. The van der Waals surface area contributed by atoms with E-state index < -0.39 is 80.4 Å². The van der Waals surface area contributed by atoms with Crippen LogP contribution in [0.4, 0.5) is 9.59 Å². The summed E-state index contributed by atoms with van der Waals surface area (Å²) in [7, 11) is -3.90. The summed E-state index contributed by atoms with van der Waals surface area (Å²) < 4.78 is 39.0. The number of rotatable bonds is 5. The summed E-state index contributed by atoms with van der Waals surface area (Å²) in [6, 6.07) is 3.16. The first-order chi connectivity index (χ1) is 24.0. The molecule has 3 aliphatic heterocycles. The zero-order chi connectivity index (χ0) is 36.7. The molecule has 5 atom stereocenters. The number of nitrogens with one attached hydrogen (secondary N) is 3. The number of benzene rings is 1. The Morgan fingerprint density at radius 2 is 1.78 bits per heavy atom. The van der Waals surface area contributed by atoms with E-state index in [1.807, 2.05) is 18.2 Å². The van der Waals surface area contributed by atoms with Gasteiger partial charge in [0, 0.05) is 30.5 Å². The first-order valence-corrected chi connectivity index (χ1v) is 19.5. The van der Waals surface area contributed by atoms with Crippen LogP contribution in [0.1, 0.15) is 89.7 Å². The van der Waals surface area contributed by atoms with Crippen molar-refractivity contribution in [2.75, 3.05) is 6.54 Å². The maximum absolute atomic E-state index is 14.3. The predicted octanol–water partition coefficient (Wildman–Crippen LogP) is 3.66. The van der Waals surface area contributed by atoms with Crippen molar-refractivity contribution in [3.63, 3.8) is 0 Å². The van der Waals surface area contributed by atoms with Gasteiger partial charge >= 0.3 is 12.2 Å². The predicted molar refractivity (Wildman–Crippen MR) is 186 cm³/mol. The first kappa shape index (κ1) is 36.9. The number of nitrogens with zero attached hydrogens (tertiary/aromatic N) is 2. The maximum atomic E-state index is 14.3. The minimum Gasteiger partial charge on any atom is -0.444 e. The Balaban J connectivity index is 1.25. The van der Waals surface area contributed by atoms with Crippen molar-refractivity contribution >= 4 is 51.5 Å². The molecule has 2 saturated carbocycles. The van der Waals surface area contributed by atoms with E-state index in [9.17, 15) is 32.4 Å². The van der Waals surface area contributed by atoms with Crippen molar-refractivity contribution in [3.8, 4) is 0 Å². The fraction of sp³-hybridized carbons (Fsp3) is 0.629. The molecule has 0 unspecified atom stereocenters. The fourth-order valence-corrected chi connectivity index (χ4v) is 8.57. The van der Waals surface area contributed by atoms with Crippen LogP contribution in [0.5, 0.6) is 0 Å². The van der Waals surface area contributed by atoms with E-state index in [0.717, 1.165) is 24.0 Å². The van der Waals surface area contributed by atoms with Gasteiger partial charge in [0.05, 0.1) is 11.8 Å². The van der Waals surface area contributed by atoms with Crippen molar-refractivity contribution in [2.24, 2.45) is 5.92 Å². The number of hydrogen-bond acceptors (Lipinski definition) is 9. The van der Waals surface area contributed by atoms with Gasteiger partial charge < -0.3 is 25.0 Å². The monoisotopic (exact) mass is 747 g/mol. The second-order valence-electron chi connectivity index (χ2n) is 15.2. The van der Waals surface area contributed by atoms with E-state index in [2.05, 4.69) is 15.4 Å². The number of allylic oxidation sites excluding steroid dienone is 1. The zero-order valence-corrected chi connectivity index (χ0v) is 30.7. The van der Waals surface area contributed by atoms with Crippen molar-refractivity contribution in [2.45, 2.75) is 126 Å². The fourth-order valence-electron chi connectivity index (χ4n) is 7.01. The second kappa shape index (κ2) is 14.3. The van der Waals surface area contributed by atoms with Crippen molar-refractivity contribution in [3.05, 3.63) is 46.5 Å². The highest BCUT2D eigenvalue weighted by Crippen LogP contribution is 2.46. The van der Waals surface area contributed by atoms with E-state index in [1.165, 1.54) is 9.80 Å². The van der Waals surface area contributed by atoms with Crippen LogP contribution in [0, 0.1) is 5.92 Å². The lowest BCUT2D eigenvalue weighted by atomic mass is 10.0. The number of halogens is 1. The van der Waals surface area contributed by atoms with Gasteiger partial charge in [-0.15, -0.1) is 0 Å². The van der Waals surface area contributed by atoms with Crippen LogP contribution in [-0.2, 0) is 47.0 Å². The Hall–Kier alpha value is -3.85. The van der Waals surface area contributed by atoms with Crippen LogP contribution >= 0.6 is 11.6 Å². The SMILES string of the molecule is CC(C)(C)OC(=O)N[C@H]1CCCCCC=C[C@H]2C[C@@]2(C(=O)NS(=O)(=O)C2CC2)NC(=O)[C@@H]2C[C@@H](OC(=O)N3Cc4ccc(Cl)cc4C3)CN2C1=O. The largest absolute Gasteiger partial charge is 0.444 e. The van der Waals surface area contributed by atoms with Gasteiger partial charge in [-0.3, -0.25) is 24.0 Å². The Morgan fingerprint density at radius 3 is 2.51 bits per heavy atom. The highest BCUT2D eigenvalue weighted by atomic mass is 35.5.